The van der Waals surface area contributed by atoms with Crippen molar-refractivity contribution in [2.45, 2.75) is 31.7 Å². The lowest BCUT2D eigenvalue weighted by molar-refractivity contribution is -0.148. The van der Waals surface area contributed by atoms with E-state index in [4.69, 9.17) is 0 Å². The van der Waals surface area contributed by atoms with Crippen LogP contribution in [-0.4, -0.2) is 79.3 Å². The maximum Gasteiger partial charge on any atom is 0.312 e. The summed E-state index contributed by atoms with van der Waals surface area (Å²) in [4.78, 5) is 14.2. The Bertz CT molecular complexity index is 558. The highest BCUT2D eigenvalue weighted by Crippen LogP contribution is 2.45. The molecule has 22 heavy (non-hydrogen) atoms. The van der Waals surface area contributed by atoms with E-state index in [2.05, 4.69) is 4.90 Å². The molecular formula is C14H25N3O4S. The molecule has 2 atom stereocenters. The summed E-state index contributed by atoms with van der Waals surface area (Å²) in [5, 5.41) is 9.80. The van der Waals surface area contributed by atoms with Crippen LogP contribution in [0.3, 0.4) is 0 Å². The number of carbonyl (C=O) groups is 1. The molecule has 3 aliphatic rings. The topological polar surface area (TPSA) is 81.2 Å². The monoisotopic (exact) mass is 331 g/mol. The van der Waals surface area contributed by atoms with Crippen molar-refractivity contribution in [3.05, 3.63) is 0 Å². The quantitative estimate of drug-likeness (QED) is 0.787. The van der Waals surface area contributed by atoms with Gasteiger partial charge in [0.15, 0.2) is 0 Å². The van der Waals surface area contributed by atoms with Gasteiger partial charge in [-0.05, 0) is 12.8 Å². The van der Waals surface area contributed by atoms with Gasteiger partial charge >= 0.3 is 5.97 Å². The Morgan fingerprint density at radius 1 is 1.18 bits per heavy atom. The molecule has 0 radical (unpaired) electrons. The smallest absolute Gasteiger partial charge is 0.312 e. The maximum atomic E-state index is 12.3. The molecule has 0 unspecified atom stereocenters. The highest BCUT2D eigenvalue weighted by atomic mass is 32.2. The lowest BCUT2D eigenvalue weighted by Gasteiger charge is -2.29. The summed E-state index contributed by atoms with van der Waals surface area (Å²) >= 11 is 0. The second-order valence-electron chi connectivity index (χ2n) is 7.11. The summed E-state index contributed by atoms with van der Waals surface area (Å²) in [7, 11) is -0.566. The predicted octanol–water partition coefficient (Wildman–Crippen LogP) is 0.0538. The number of fused-ring (bicyclic) bond motifs is 1. The van der Waals surface area contributed by atoms with E-state index >= 15 is 0 Å². The van der Waals surface area contributed by atoms with Gasteiger partial charge in [-0.2, -0.15) is 17.0 Å². The van der Waals surface area contributed by atoms with Crippen LogP contribution in [0, 0.1) is 11.3 Å². The van der Waals surface area contributed by atoms with E-state index < -0.39 is 21.6 Å². The molecule has 0 aromatic carbocycles. The Morgan fingerprint density at radius 3 is 2.32 bits per heavy atom. The molecular weight excluding hydrogens is 306 g/mol. The van der Waals surface area contributed by atoms with E-state index in [0.29, 0.717) is 25.7 Å². The van der Waals surface area contributed by atoms with Gasteiger partial charge in [0, 0.05) is 52.2 Å². The van der Waals surface area contributed by atoms with Crippen molar-refractivity contribution in [1.82, 2.24) is 13.5 Å². The van der Waals surface area contributed by atoms with E-state index in [1.54, 1.807) is 0 Å². The molecule has 0 aromatic heterocycles. The molecule has 2 heterocycles. The summed E-state index contributed by atoms with van der Waals surface area (Å²) in [5.74, 6) is -0.963. The zero-order chi connectivity index (χ0) is 16.1. The van der Waals surface area contributed by atoms with E-state index in [0.717, 1.165) is 12.8 Å². The van der Waals surface area contributed by atoms with E-state index in [1.807, 2.05) is 0 Å². The molecule has 0 spiro atoms. The summed E-state index contributed by atoms with van der Waals surface area (Å²) in [6, 6.07) is 0.487. The molecule has 3 rings (SSSR count). The van der Waals surface area contributed by atoms with Gasteiger partial charge in [0.2, 0.25) is 0 Å². The number of carboxylic acid groups (broad SMARTS) is 1. The Hall–Kier alpha value is -0.700. The Labute approximate surface area is 132 Å². The molecule has 2 saturated heterocycles. The van der Waals surface area contributed by atoms with Gasteiger partial charge in [0.25, 0.3) is 10.2 Å². The first-order valence-electron chi connectivity index (χ1n) is 7.92. The summed E-state index contributed by atoms with van der Waals surface area (Å²) < 4.78 is 27.1. The number of aliphatic carboxylic acids is 1. The normalized spacial score (nSPS) is 34.6. The molecule has 8 heteroatoms. The number of likely N-dealkylation sites (tertiary alicyclic amines) is 1. The van der Waals surface area contributed by atoms with Crippen LogP contribution in [0.15, 0.2) is 0 Å². The van der Waals surface area contributed by atoms with Crippen LogP contribution < -0.4 is 0 Å². The van der Waals surface area contributed by atoms with Gasteiger partial charge in [-0.25, -0.2) is 0 Å². The highest BCUT2D eigenvalue weighted by Gasteiger charge is 2.60. The summed E-state index contributed by atoms with van der Waals surface area (Å²) in [6.07, 6.45) is 4.71. The van der Waals surface area contributed by atoms with Crippen molar-refractivity contribution in [3.8, 4) is 0 Å². The van der Waals surface area contributed by atoms with E-state index in [9.17, 15) is 18.3 Å². The molecule has 2 aliphatic heterocycles. The van der Waals surface area contributed by atoms with Crippen LogP contribution in [0.4, 0.5) is 0 Å². The second-order valence-corrected chi connectivity index (χ2v) is 9.25. The number of hydrogen-bond acceptors (Lipinski definition) is 4. The first kappa shape index (κ1) is 16.2. The Kier molecular flexibility index (Phi) is 3.99. The van der Waals surface area contributed by atoms with Gasteiger partial charge in [-0.15, -0.1) is 0 Å². The first-order valence-corrected chi connectivity index (χ1v) is 9.32. The lowest BCUT2D eigenvalue weighted by atomic mass is 9.81. The third-order valence-electron chi connectivity index (χ3n) is 5.66. The van der Waals surface area contributed by atoms with Crippen LogP contribution in [0.25, 0.3) is 0 Å². The SMILES string of the molecule is CN(C)S(=O)(=O)N1C[C@@H]2CN(C3CCCC3)C[C@]2(C(=O)O)C1. The average molecular weight is 331 g/mol. The summed E-state index contributed by atoms with van der Waals surface area (Å²) in [6.45, 7) is 1.60. The summed E-state index contributed by atoms with van der Waals surface area (Å²) in [5.41, 5.74) is -0.939. The fourth-order valence-electron chi connectivity index (χ4n) is 4.31. The number of rotatable bonds is 4. The Morgan fingerprint density at radius 2 is 1.82 bits per heavy atom. The molecule has 126 valence electrons. The minimum Gasteiger partial charge on any atom is -0.481 e. The molecule has 7 nitrogen and oxygen atoms in total. The fourth-order valence-corrected chi connectivity index (χ4v) is 5.54. The van der Waals surface area contributed by atoms with Gasteiger partial charge in [0.1, 0.15) is 0 Å². The van der Waals surface area contributed by atoms with Crippen LogP contribution in [0.2, 0.25) is 0 Å². The minimum atomic E-state index is -3.54. The number of hydrogen-bond donors (Lipinski definition) is 1. The van der Waals surface area contributed by atoms with Crippen molar-refractivity contribution in [2.75, 3.05) is 40.3 Å². The van der Waals surface area contributed by atoms with Gasteiger partial charge < -0.3 is 5.11 Å². The van der Waals surface area contributed by atoms with Crippen molar-refractivity contribution >= 4 is 16.2 Å². The number of nitrogens with zero attached hydrogens (tertiary/aromatic N) is 3. The zero-order valence-corrected chi connectivity index (χ0v) is 14.0. The molecule has 1 saturated carbocycles. The highest BCUT2D eigenvalue weighted by molar-refractivity contribution is 7.86. The Balaban J connectivity index is 1.81. The molecule has 0 aromatic rings. The largest absolute Gasteiger partial charge is 0.481 e. The average Bonchev–Trinajstić information content (AvgIpc) is 3.11. The first-order chi connectivity index (χ1) is 10.3. The second kappa shape index (κ2) is 5.43. The van der Waals surface area contributed by atoms with Crippen molar-refractivity contribution in [1.29, 1.82) is 0 Å². The molecule has 0 bridgehead atoms. The lowest BCUT2D eigenvalue weighted by Crippen LogP contribution is -2.45. The van der Waals surface area contributed by atoms with Gasteiger partial charge in [-0.3, -0.25) is 9.69 Å². The van der Waals surface area contributed by atoms with Crippen LogP contribution in [0.1, 0.15) is 25.7 Å². The van der Waals surface area contributed by atoms with Crippen LogP contribution in [-0.2, 0) is 15.0 Å². The molecule has 1 aliphatic carbocycles. The third-order valence-corrected chi connectivity index (χ3v) is 7.51. The third kappa shape index (κ3) is 2.36. The van der Waals surface area contributed by atoms with Crippen molar-refractivity contribution in [2.24, 2.45) is 11.3 Å². The fraction of sp³-hybridized carbons (Fsp3) is 0.929. The maximum absolute atomic E-state index is 12.3. The van der Waals surface area contributed by atoms with Crippen LogP contribution in [0.5, 0.6) is 0 Å². The van der Waals surface area contributed by atoms with Crippen molar-refractivity contribution < 1.29 is 18.3 Å². The minimum absolute atomic E-state index is 0.0940. The number of carboxylic acids is 1. The van der Waals surface area contributed by atoms with Crippen LogP contribution >= 0.6 is 0 Å². The molecule has 0 amide bonds. The predicted molar refractivity (Wildman–Crippen MR) is 81.6 cm³/mol. The molecule has 1 N–H and O–H groups in total. The molecule has 3 fully saturated rings. The standard InChI is InChI=1S/C14H25N3O4S/c1-15(2)22(20,21)17-8-11-7-16(12-5-3-4-6-12)9-14(11,10-17)13(18)19/h11-12H,3-10H2,1-2H3,(H,18,19)/t11-,14-/m0/s1. The van der Waals surface area contributed by atoms with Gasteiger partial charge in [-0.1, -0.05) is 12.8 Å². The van der Waals surface area contributed by atoms with E-state index in [1.165, 1.54) is 35.5 Å². The zero-order valence-electron chi connectivity index (χ0n) is 13.2. The van der Waals surface area contributed by atoms with Gasteiger partial charge in [0.05, 0.1) is 5.41 Å². The van der Waals surface area contributed by atoms with E-state index in [-0.39, 0.29) is 12.5 Å². The van der Waals surface area contributed by atoms with Crippen molar-refractivity contribution in [3.63, 3.8) is 0 Å².